The minimum Gasteiger partial charge on any atom is -0.504 e. The zero-order chi connectivity index (χ0) is 10.6. The molecule has 2 N–H and O–H groups in total. The molecule has 76 valence electrons. The number of hydrogen-bond acceptors (Lipinski definition) is 3. The average molecular weight is 194 g/mol. The maximum atomic E-state index is 11.5. The molecule has 14 heavy (non-hydrogen) atoms. The summed E-state index contributed by atoms with van der Waals surface area (Å²) in [6.45, 7) is 2.02. The lowest BCUT2D eigenvalue weighted by Crippen LogP contribution is -1.97. The van der Waals surface area contributed by atoms with Crippen LogP contribution in [-0.2, 0) is 0 Å². The second-order valence-corrected chi connectivity index (χ2v) is 3.23. The third kappa shape index (κ3) is 2.49. The lowest BCUT2D eigenvalue weighted by atomic mass is 10.1. The van der Waals surface area contributed by atoms with Crippen molar-refractivity contribution in [3.05, 3.63) is 23.8 Å². The molecule has 1 rings (SSSR count). The van der Waals surface area contributed by atoms with Crippen LogP contribution in [0.3, 0.4) is 0 Å². The normalized spacial score (nSPS) is 10.1. The molecule has 1 aromatic rings. The van der Waals surface area contributed by atoms with Crippen LogP contribution in [0.15, 0.2) is 18.2 Å². The van der Waals surface area contributed by atoms with E-state index in [9.17, 15) is 9.90 Å². The quantitative estimate of drug-likeness (QED) is 0.571. The number of carbonyl (C=O) groups excluding carboxylic acids is 1. The van der Waals surface area contributed by atoms with Gasteiger partial charge in [0.25, 0.3) is 0 Å². The zero-order valence-corrected chi connectivity index (χ0v) is 8.16. The average Bonchev–Trinajstić information content (AvgIpc) is 2.18. The van der Waals surface area contributed by atoms with Gasteiger partial charge in [0.15, 0.2) is 17.3 Å². The molecule has 0 heterocycles. The minimum absolute atomic E-state index is 0.00199. The van der Waals surface area contributed by atoms with E-state index in [0.29, 0.717) is 12.0 Å². The Morgan fingerprint density at radius 3 is 2.57 bits per heavy atom. The van der Waals surface area contributed by atoms with E-state index < -0.39 is 0 Å². The van der Waals surface area contributed by atoms with Gasteiger partial charge in [-0.25, -0.2) is 0 Å². The van der Waals surface area contributed by atoms with E-state index >= 15 is 0 Å². The molecule has 1 aromatic carbocycles. The molecule has 0 bridgehead atoms. The summed E-state index contributed by atoms with van der Waals surface area (Å²) in [7, 11) is 0. The number of rotatable bonds is 4. The molecule has 0 saturated heterocycles. The van der Waals surface area contributed by atoms with Crippen molar-refractivity contribution in [2.24, 2.45) is 0 Å². The molecule has 3 nitrogen and oxygen atoms in total. The highest BCUT2D eigenvalue weighted by molar-refractivity contribution is 5.96. The maximum Gasteiger partial charge on any atom is 0.163 e. The SMILES string of the molecule is CCCCC(=O)c1ccc(O)c(O)c1. The summed E-state index contributed by atoms with van der Waals surface area (Å²) in [5.41, 5.74) is 0.453. The summed E-state index contributed by atoms with van der Waals surface area (Å²) >= 11 is 0. The van der Waals surface area contributed by atoms with E-state index in [4.69, 9.17) is 5.11 Å². The van der Waals surface area contributed by atoms with Crippen LogP contribution < -0.4 is 0 Å². The number of phenols is 2. The number of aromatic hydroxyl groups is 2. The van der Waals surface area contributed by atoms with Gasteiger partial charge in [-0.2, -0.15) is 0 Å². The number of Topliss-reactive ketones (excluding diaryl/α,β-unsaturated/α-hetero) is 1. The summed E-state index contributed by atoms with van der Waals surface area (Å²) in [6, 6.07) is 4.15. The molecule has 3 heteroatoms. The summed E-state index contributed by atoms with van der Waals surface area (Å²) in [4.78, 5) is 11.5. The fourth-order valence-corrected chi connectivity index (χ4v) is 1.18. The lowest BCUT2D eigenvalue weighted by molar-refractivity contribution is 0.0979. The van der Waals surface area contributed by atoms with Gasteiger partial charge in [-0.05, 0) is 24.6 Å². The van der Waals surface area contributed by atoms with E-state index in [-0.39, 0.29) is 17.3 Å². The van der Waals surface area contributed by atoms with E-state index in [1.807, 2.05) is 6.92 Å². The zero-order valence-electron chi connectivity index (χ0n) is 8.16. The number of ketones is 1. The topological polar surface area (TPSA) is 57.5 Å². The Hall–Kier alpha value is -1.51. The van der Waals surface area contributed by atoms with Crippen LogP contribution in [-0.4, -0.2) is 16.0 Å². The highest BCUT2D eigenvalue weighted by atomic mass is 16.3. The molecule has 0 aliphatic rings. The van der Waals surface area contributed by atoms with E-state index in [1.165, 1.54) is 18.2 Å². The summed E-state index contributed by atoms with van der Waals surface area (Å²) in [5.74, 6) is -0.438. The molecule has 0 radical (unpaired) electrons. The van der Waals surface area contributed by atoms with Crippen molar-refractivity contribution in [1.82, 2.24) is 0 Å². The van der Waals surface area contributed by atoms with Gasteiger partial charge in [-0.1, -0.05) is 13.3 Å². The first-order chi connectivity index (χ1) is 6.65. The molecule has 0 amide bonds. The van der Waals surface area contributed by atoms with Crippen LogP contribution in [0.2, 0.25) is 0 Å². The monoisotopic (exact) mass is 194 g/mol. The van der Waals surface area contributed by atoms with Crippen LogP contribution >= 0.6 is 0 Å². The molecule has 0 atom stereocenters. The van der Waals surface area contributed by atoms with Crippen molar-refractivity contribution in [2.75, 3.05) is 0 Å². The Morgan fingerprint density at radius 1 is 1.29 bits per heavy atom. The number of phenolic OH excluding ortho intramolecular Hbond substituents is 2. The van der Waals surface area contributed by atoms with Crippen molar-refractivity contribution in [2.45, 2.75) is 26.2 Å². The van der Waals surface area contributed by atoms with Gasteiger partial charge in [0.2, 0.25) is 0 Å². The molecular formula is C11H14O3. The van der Waals surface area contributed by atoms with Crippen molar-refractivity contribution in [3.63, 3.8) is 0 Å². The Labute approximate surface area is 83.0 Å². The van der Waals surface area contributed by atoms with Crippen LogP contribution in [0.5, 0.6) is 11.5 Å². The molecule has 0 aromatic heterocycles. The molecule has 0 spiro atoms. The largest absolute Gasteiger partial charge is 0.504 e. The molecule has 0 fully saturated rings. The van der Waals surface area contributed by atoms with Gasteiger partial charge in [-0.3, -0.25) is 4.79 Å². The summed E-state index contributed by atoms with van der Waals surface area (Å²) in [5, 5.41) is 18.2. The second-order valence-electron chi connectivity index (χ2n) is 3.23. The predicted octanol–water partition coefficient (Wildman–Crippen LogP) is 2.47. The third-order valence-electron chi connectivity index (χ3n) is 2.05. The Morgan fingerprint density at radius 2 is 2.00 bits per heavy atom. The minimum atomic E-state index is -0.243. The van der Waals surface area contributed by atoms with Crippen molar-refractivity contribution in [3.8, 4) is 11.5 Å². The highest BCUT2D eigenvalue weighted by Gasteiger charge is 2.07. The van der Waals surface area contributed by atoms with Gasteiger partial charge < -0.3 is 10.2 Å². The molecule has 0 saturated carbocycles. The number of benzene rings is 1. The first-order valence-electron chi connectivity index (χ1n) is 4.70. The third-order valence-corrected chi connectivity index (χ3v) is 2.05. The van der Waals surface area contributed by atoms with Crippen LogP contribution in [0.1, 0.15) is 36.5 Å². The van der Waals surface area contributed by atoms with E-state index in [1.54, 1.807) is 0 Å². The Balaban J connectivity index is 2.76. The van der Waals surface area contributed by atoms with Gasteiger partial charge in [0.1, 0.15) is 0 Å². The number of carbonyl (C=O) groups is 1. The van der Waals surface area contributed by atoms with Gasteiger partial charge in [0, 0.05) is 12.0 Å². The van der Waals surface area contributed by atoms with Crippen LogP contribution in [0.25, 0.3) is 0 Å². The summed E-state index contributed by atoms with van der Waals surface area (Å²) in [6.07, 6.45) is 2.30. The number of unbranched alkanes of at least 4 members (excludes halogenated alkanes) is 1. The molecule has 0 unspecified atom stereocenters. The first-order valence-corrected chi connectivity index (χ1v) is 4.70. The van der Waals surface area contributed by atoms with Gasteiger partial charge >= 0.3 is 0 Å². The lowest BCUT2D eigenvalue weighted by Gasteiger charge is -2.02. The maximum absolute atomic E-state index is 11.5. The standard InChI is InChI=1S/C11H14O3/c1-2-3-4-9(12)8-5-6-10(13)11(14)7-8/h5-7,13-14H,2-4H2,1H3. The van der Waals surface area contributed by atoms with E-state index in [2.05, 4.69) is 0 Å². The van der Waals surface area contributed by atoms with Gasteiger partial charge in [-0.15, -0.1) is 0 Å². The first kappa shape index (κ1) is 10.6. The van der Waals surface area contributed by atoms with Crippen LogP contribution in [0.4, 0.5) is 0 Å². The number of hydrogen-bond donors (Lipinski definition) is 2. The predicted molar refractivity (Wildman–Crippen MR) is 53.6 cm³/mol. The van der Waals surface area contributed by atoms with Crippen molar-refractivity contribution < 1.29 is 15.0 Å². The van der Waals surface area contributed by atoms with Crippen molar-refractivity contribution >= 4 is 5.78 Å². The smallest absolute Gasteiger partial charge is 0.163 e. The fourth-order valence-electron chi connectivity index (χ4n) is 1.18. The Bertz CT molecular complexity index is 331. The fraction of sp³-hybridized carbons (Fsp3) is 0.364. The Kier molecular flexibility index (Phi) is 3.51. The second kappa shape index (κ2) is 4.65. The summed E-state index contributed by atoms with van der Waals surface area (Å²) < 4.78 is 0. The van der Waals surface area contributed by atoms with Crippen LogP contribution in [0, 0.1) is 0 Å². The van der Waals surface area contributed by atoms with Gasteiger partial charge in [0.05, 0.1) is 0 Å². The highest BCUT2D eigenvalue weighted by Crippen LogP contribution is 2.25. The molecule has 0 aliphatic heterocycles. The van der Waals surface area contributed by atoms with Crippen molar-refractivity contribution in [1.29, 1.82) is 0 Å². The molecule has 0 aliphatic carbocycles. The van der Waals surface area contributed by atoms with E-state index in [0.717, 1.165) is 12.8 Å². The molecular weight excluding hydrogens is 180 g/mol.